The third-order valence-electron chi connectivity index (χ3n) is 6.93. The van der Waals surface area contributed by atoms with E-state index in [1.54, 1.807) is 25.1 Å². The van der Waals surface area contributed by atoms with Crippen LogP contribution in [0.15, 0.2) is 90.0 Å². The maximum absolute atomic E-state index is 15.1. The van der Waals surface area contributed by atoms with Crippen molar-refractivity contribution in [2.24, 2.45) is 0 Å². The van der Waals surface area contributed by atoms with Gasteiger partial charge in [0, 0.05) is 28.5 Å². The standard InChI is InChI=1S/C30H26ClN3O8S/c1-4-42-27-22(11-8-16-32-27)30(33(29(36)37)20-9-6-5-7-10-20)23-17-19(31)12-14-24(23)34(28(30)35)43(38,39)26-15-13-21(40-2)18-25(26)41-3/h5-18H,4H2,1-3H3,(H,36,37). The molecule has 1 aliphatic rings. The topological polar surface area (TPSA) is 136 Å². The largest absolute Gasteiger partial charge is 0.497 e. The highest BCUT2D eigenvalue weighted by Crippen LogP contribution is 2.54. The molecule has 0 radical (unpaired) electrons. The second-order valence-corrected chi connectivity index (χ2v) is 11.4. The first kappa shape index (κ1) is 29.7. The minimum atomic E-state index is -4.75. The number of fused-ring (bicyclic) bond motifs is 1. The first-order chi connectivity index (χ1) is 20.6. The van der Waals surface area contributed by atoms with Crippen molar-refractivity contribution < 1.29 is 37.3 Å². The number of methoxy groups -OCH3 is 2. The molecule has 1 N–H and O–H groups in total. The molecule has 0 aliphatic carbocycles. The number of pyridine rings is 1. The number of sulfonamides is 1. The summed E-state index contributed by atoms with van der Waals surface area (Å²) >= 11 is 6.45. The lowest BCUT2D eigenvalue weighted by Gasteiger charge is -2.39. The Morgan fingerprint density at radius 1 is 1.00 bits per heavy atom. The van der Waals surface area contributed by atoms with E-state index in [0.717, 1.165) is 4.90 Å². The summed E-state index contributed by atoms with van der Waals surface area (Å²) < 4.78 is 45.9. The summed E-state index contributed by atoms with van der Waals surface area (Å²) in [4.78, 5) is 33.1. The molecule has 1 aromatic heterocycles. The molecule has 11 nitrogen and oxygen atoms in total. The van der Waals surface area contributed by atoms with E-state index in [1.165, 1.54) is 81.1 Å². The number of anilines is 2. The van der Waals surface area contributed by atoms with Gasteiger partial charge in [-0.25, -0.2) is 18.2 Å². The maximum atomic E-state index is 15.1. The van der Waals surface area contributed by atoms with Crippen LogP contribution in [-0.2, 0) is 20.4 Å². The number of hydrogen-bond donors (Lipinski definition) is 1. The van der Waals surface area contributed by atoms with E-state index in [9.17, 15) is 18.3 Å². The molecule has 1 atom stereocenters. The van der Waals surface area contributed by atoms with E-state index in [-0.39, 0.29) is 50.7 Å². The number of benzene rings is 3. The number of aromatic nitrogens is 1. The van der Waals surface area contributed by atoms with Gasteiger partial charge in [0.1, 0.15) is 16.4 Å². The van der Waals surface area contributed by atoms with Gasteiger partial charge in [0.15, 0.2) is 5.54 Å². The van der Waals surface area contributed by atoms with Crippen LogP contribution in [0.1, 0.15) is 18.1 Å². The van der Waals surface area contributed by atoms with Crippen LogP contribution in [0.25, 0.3) is 0 Å². The second kappa shape index (κ2) is 11.5. The van der Waals surface area contributed by atoms with Gasteiger partial charge in [-0.15, -0.1) is 0 Å². The Morgan fingerprint density at radius 3 is 2.40 bits per heavy atom. The average Bonchev–Trinajstić information content (AvgIpc) is 3.25. The minimum absolute atomic E-state index is 0.00369. The van der Waals surface area contributed by atoms with Crippen molar-refractivity contribution in [3.63, 3.8) is 0 Å². The van der Waals surface area contributed by atoms with Crippen LogP contribution < -0.4 is 23.4 Å². The molecular weight excluding hydrogens is 598 g/mol. The normalized spacial score (nSPS) is 16.0. The van der Waals surface area contributed by atoms with E-state index >= 15 is 4.79 Å². The smallest absolute Gasteiger partial charge is 0.413 e. The first-order valence-corrected chi connectivity index (χ1v) is 14.7. The summed E-state index contributed by atoms with van der Waals surface area (Å²) in [5.41, 5.74) is -2.39. The molecule has 1 aliphatic heterocycles. The average molecular weight is 624 g/mol. The highest BCUT2D eigenvalue weighted by molar-refractivity contribution is 7.93. The predicted octanol–water partition coefficient (Wildman–Crippen LogP) is 5.31. The molecule has 13 heteroatoms. The van der Waals surface area contributed by atoms with Gasteiger partial charge >= 0.3 is 6.09 Å². The van der Waals surface area contributed by atoms with Crippen molar-refractivity contribution in [3.05, 3.63) is 101 Å². The van der Waals surface area contributed by atoms with Crippen molar-refractivity contribution in [2.75, 3.05) is 30.0 Å². The summed E-state index contributed by atoms with van der Waals surface area (Å²) in [5, 5.41) is 10.9. The molecule has 4 aromatic rings. The predicted molar refractivity (Wildman–Crippen MR) is 159 cm³/mol. The number of hydrogen-bond acceptors (Lipinski definition) is 8. The van der Waals surface area contributed by atoms with Crippen LogP contribution in [0, 0.1) is 0 Å². The van der Waals surface area contributed by atoms with Gasteiger partial charge < -0.3 is 19.3 Å². The van der Waals surface area contributed by atoms with Crippen LogP contribution in [0.4, 0.5) is 16.2 Å². The Hall–Kier alpha value is -4.81. The molecule has 222 valence electrons. The summed E-state index contributed by atoms with van der Waals surface area (Å²) in [6.45, 7) is 1.82. The molecule has 43 heavy (non-hydrogen) atoms. The summed E-state index contributed by atoms with van der Waals surface area (Å²) in [6.07, 6.45) is -0.122. The minimum Gasteiger partial charge on any atom is -0.497 e. The van der Waals surface area contributed by atoms with Crippen LogP contribution in [-0.4, -0.2) is 51.3 Å². The van der Waals surface area contributed by atoms with Gasteiger partial charge in [-0.2, -0.15) is 4.31 Å². The lowest BCUT2D eigenvalue weighted by atomic mass is 9.82. The van der Waals surface area contributed by atoms with Gasteiger partial charge in [0.05, 0.1) is 32.1 Å². The van der Waals surface area contributed by atoms with Gasteiger partial charge in [0.25, 0.3) is 15.9 Å². The lowest BCUT2D eigenvalue weighted by Crippen LogP contribution is -2.57. The number of ether oxygens (including phenoxy) is 3. The zero-order valence-electron chi connectivity index (χ0n) is 23.2. The summed E-state index contributed by atoms with van der Waals surface area (Å²) in [7, 11) is -2.06. The third-order valence-corrected chi connectivity index (χ3v) is 8.90. The highest BCUT2D eigenvalue weighted by Gasteiger charge is 2.63. The van der Waals surface area contributed by atoms with E-state index in [4.69, 9.17) is 25.8 Å². The molecule has 3 aromatic carbocycles. The zero-order valence-corrected chi connectivity index (χ0v) is 24.8. The Balaban J connectivity index is 1.91. The number of para-hydroxylation sites is 1. The van der Waals surface area contributed by atoms with Gasteiger partial charge in [-0.3, -0.25) is 9.69 Å². The Morgan fingerprint density at radius 2 is 1.74 bits per heavy atom. The van der Waals surface area contributed by atoms with E-state index in [1.807, 2.05) is 0 Å². The van der Waals surface area contributed by atoms with Crippen LogP contribution in [0.3, 0.4) is 0 Å². The molecule has 2 amide bonds. The molecule has 0 fully saturated rings. The van der Waals surface area contributed by atoms with Crippen molar-refractivity contribution in [3.8, 4) is 17.4 Å². The SMILES string of the molecule is CCOc1ncccc1C1(N(C(=O)O)c2ccccc2)C(=O)N(S(=O)(=O)c2ccc(OC)cc2OC)c2ccc(Cl)cc21. The number of amides is 2. The second-order valence-electron chi connectivity index (χ2n) is 9.21. The summed E-state index contributed by atoms with van der Waals surface area (Å²) in [5.74, 6) is -0.951. The fourth-order valence-corrected chi connectivity index (χ4v) is 6.98. The van der Waals surface area contributed by atoms with Crippen molar-refractivity contribution in [2.45, 2.75) is 17.4 Å². The highest BCUT2D eigenvalue weighted by atomic mass is 35.5. The molecule has 0 spiro atoms. The Labute approximate surface area is 252 Å². The Kier molecular flexibility index (Phi) is 7.91. The van der Waals surface area contributed by atoms with Crippen LogP contribution >= 0.6 is 11.6 Å². The quantitative estimate of drug-likeness (QED) is 0.263. The fraction of sp³-hybridized carbons (Fsp3) is 0.167. The molecule has 0 saturated heterocycles. The van der Waals surface area contributed by atoms with Crippen molar-refractivity contribution in [1.82, 2.24) is 4.98 Å². The van der Waals surface area contributed by atoms with E-state index in [2.05, 4.69) is 4.98 Å². The molecular formula is C30H26ClN3O8S. The first-order valence-electron chi connectivity index (χ1n) is 12.9. The number of carbonyl (C=O) groups is 2. The number of carbonyl (C=O) groups excluding carboxylic acids is 1. The number of rotatable bonds is 9. The molecule has 1 unspecified atom stereocenters. The van der Waals surface area contributed by atoms with E-state index < -0.39 is 27.6 Å². The third kappa shape index (κ3) is 4.68. The zero-order chi connectivity index (χ0) is 30.9. The molecule has 2 heterocycles. The number of carboxylic acid groups (broad SMARTS) is 1. The van der Waals surface area contributed by atoms with Crippen molar-refractivity contribution in [1.29, 1.82) is 0 Å². The van der Waals surface area contributed by atoms with Crippen molar-refractivity contribution >= 4 is 45.0 Å². The van der Waals surface area contributed by atoms with Crippen LogP contribution in [0.5, 0.6) is 17.4 Å². The fourth-order valence-electron chi connectivity index (χ4n) is 5.21. The molecule has 0 bridgehead atoms. The number of halogens is 1. The monoisotopic (exact) mass is 623 g/mol. The molecule has 0 saturated carbocycles. The lowest BCUT2D eigenvalue weighted by molar-refractivity contribution is -0.120. The van der Waals surface area contributed by atoms with Crippen LogP contribution in [0.2, 0.25) is 5.02 Å². The van der Waals surface area contributed by atoms with Gasteiger partial charge in [-0.05, 0) is 61.5 Å². The maximum Gasteiger partial charge on any atom is 0.413 e. The van der Waals surface area contributed by atoms with E-state index in [0.29, 0.717) is 10.1 Å². The van der Waals surface area contributed by atoms with Gasteiger partial charge in [-0.1, -0.05) is 29.8 Å². The Bertz CT molecular complexity index is 1820. The van der Waals surface area contributed by atoms with Gasteiger partial charge in [0.2, 0.25) is 5.88 Å². The molecule has 5 rings (SSSR count). The summed E-state index contributed by atoms with van der Waals surface area (Å²) in [6, 6.07) is 19.0. The number of nitrogens with zero attached hydrogens (tertiary/aromatic N) is 3.